The first-order chi connectivity index (χ1) is 11.2. The van der Waals surface area contributed by atoms with Gasteiger partial charge in [0.05, 0.1) is 0 Å². The molecule has 2 unspecified atom stereocenters. The molecule has 0 aromatic heterocycles. The maximum absolute atomic E-state index is 13.9. The lowest BCUT2D eigenvalue weighted by atomic mass is 9.84. The van der Waals surface area contributed by atoms with Crippen LogP contribution in [0.5, 0.6) is 0 Å². The molecule has 0 fully saturated rings. The van der Waals surface area contributed by atoms with Gasteiger partial charge >= 0.3 is 35.8 Å². The molecular formula is C12H12F13I. The second-order valence-corrected chi connectivity index (χ2v) is 6.96. The molecule has 0 aliphatic rings. The SMILES string of the molecule is CCC(I)C(CC)C(F)(F)C(F)(F)C(F)(F)C(F)(F)C(F)(F)C(F)(F)F. The number of halogens is 14. The van der Waals surface area contributed by atoms with Crippen molar-refractivity contribution >= 4 is 22.6 Å². The van der Waals surface area contributed by atoms with Crippen molar-refractivity contribution in [2.24, 2.45) is 5.92 Å². The Hall–Kier alpha value is -0.180. The maximum Gasteiger partial charge on any atom is 0.460 e. The van der Waals surface area contributed by atoms with E-state index in [4.69, 9.17) is 0 Å². The third-order valence-corrected chi connectivity index (χ3v) is 5.44. The highest BCUT2D eigenvalue weighted by molar-refractivity contribution is 14.1. The van der Waals surface area contributed by atoms with E-state index in [0.717, 1.165) is 29.5 Å². The van der Waals surface area contributed by atoms with Gasteiger partial charge in [-0.1, -0.05) is 36.4 Å². The molecule has 0 bridgehead atoms. The standard InChI is InChI=1S/C12H12F13I/c1-3-5(6(26)4-2)7(13,14)8(15,16)9(17,18)10(19,20)11(21,22)12(23,24)25/h5-6H,3-4H2,1-2H3. The van der Waals surface area contributed by atoms with Crippen molar-refractivity contribution < 1.29 is 57.1 Å². The number of alkyl halides is 14. The van der Waals surface area contributed by atoms with Crippen LogP contribution in [0.4, 0.5) is 57.1 Å². The van der Waals surface area contributed by atoms with Crippen LogP contribution in [0.1, 0.15) is 26.7 Å². The zero-order valence-electron chi connectivity index (χ0n) is 12.9. The van der Waals surface area contributed by atoms with Crippen LogP contribution in [0.2, 0.25) is 0 Å². The van der Waals surface area contributed by atoms with Crippen LogP contribution < -0.4 is 0 Å². The summed E-state index contributed by atoms with van der Waals surface area (Å²) in [5, 5.41) is 0. The van der Waals surface area contributed by atoms with E-state index in [0.29, 0.717) is 0 Å². The Morgan fingerprint density at radius 2 is 0.923 bits per heavy atom. The van der Waals surface area contributed by atoms with Crippen molar-refractivity contribution in [1.82, 2.24) is 0 Å². The summed E-state index contributed by atoms with van der Waals surface area (Å²) in [7, 11) is 0. The highest BCUT2D eigenvalue weighted by Crippen LogP contribution is 2.62. The summed E-state index contributed by atoms with van der Waals surface area (Å²) < 4.78 is 168. The average Bonchev–Trinajstić information content (AvgIpc) is 2.45. The summed E-state index contributed by atoms with van der Waals surface area (Å²) in [5.41, 5.74) is 0. The molecule has 0 spiro atoms. The third-order valence-electron chi connectivity index (χ3n) is 3.69. The lowest BCUT2D eigenvalue weighted by Gasteiger charge is -2.42. The fraction of sp³-hybridized carbons (Fsp3) is 1.00. The van der Waals surface area contributed by atoms with Crippen molar-refractivity contribution in [1.29, 1.82) is 0 Å². The molecule has 0 aromatic carbocycles. The van der Waals surface area contributed by atoms with Gasteiger partial charge in [-0.15, -0.1) is 0 Å². The molecule has 0 rings (SSSR count). The van der Waals surface area contributed by atoms with Gasteiger partial charge < -0.3 is 0 Å². The van der Waals surface area contributed by atoms with Gasteiger partial charge in [-0.3, -0.25) is 0 Å². The molecule has 14 heteroatoms. The molecule has 0 saturated carbocycles. The molecule has 26 heavy (non-hydrogen) atoms. The minimum atomic E-state index is -7.84. The molecule has 0 saturated heterocycles. The van der Waals surface area contributed by atoms with Crippen LogP contribution in [-0.2, 0) is 0 Å². The molecule has 0 radical (unpaired) electrons. The largest absolute Gasteiger partial charge is 0.460 e. The van der Waals surface area contributed by atoms with Gasteiger partial charge in [0.2, 0.25) is 0 Å². The van der Waals surface area contributed by atoms with Crippen molar-refractivity contribution in [2.45, 2.75) is 66.4 Å². The van der Waals surface area contributed by atoms with Crippen molar-refractivity contribution in [3.05, 3.63) is 0 Å². The zero-order chi connectivity index (χ0) is 21.6. The Morgan fingerprint density at radius 3 is 1.19 bits per heavy atom. The molecule has 0 aromatic rings. The topological polar surface area (TPSA) is 0 Å². The van der Waals surface area contributed by atoms with E-state index < -0.39 is 52.1 Å². The van der Waals surface area contributed by atoms with Gasteiger partial charge in [0.15, 0.2) is 0 Å². The molecule has 0 amide bonds. The summed E-state index contributed by atoms with van der Waals surface area (Å²) in [4.78, 5) is 0. The van der Waals surface area contributed by atoms with E-state index >= 15 is 0 Å². The summed E-state index contributed by atoms with van der Waals surface area (Å²) >= 11 is 1.14. The number of rotatable bonds is 8. The summed E-state index contributed by atoms with van der Waals surface area (Å²) in [6.07, 6.45) is -8.66. The monoisotopic (exact) mass is 530 g/mol. The molecule has 158 valence electrons. The van der Waals surface area contributed by atoms with E-state index in [1.165, 1.54) is 6.92 Å². The first kappa shape index (κ1) is 25.8. The molecule has 2 atom stereocenters. The molecule has 0 heterocycles. The Labute approximate surface area is 152 Å². The van der Waals surface area contributed by atoms with Gasteiger partial charge in [-0.25, -0.2) is 0 Å². The van der Waals surface area contributed by atoms with Gasteiger partial charge in [0.1, 0.15) is 0 Å². The minimum Gasteiger partial charge on any atom is -0.199 e. The van der Waals surface area contributed by atoms with Crippen LogP contribution in [-0.4, -0.2) is 39.7 Å². The van der Waals surface area contributed by atoms with E-state index in [1.807, 2.05) is 0 Å². The number of hydrogen-bond acceptors (Lipinski definition) is 0. The van der Waals surface area contributed by atoms with Gasteiger partial charge in [-0.2, -0.15) is 57.1 Å². The first-order valence-corrected chi connectivity index (χ1v) is 8.02. The zero-order valence-corrected chi connectivity index (χ0v) is 15.0. The quantitative estimate of drug-likeness (QED) is 0.181. The smallest absolute Gasteiger partial charge is 0.199 e. The van der Waals surface area contributed by atoms with E-state index in [-0.39, 0.29) is 6.42 Å². The van der Waals surface area contributed by atoms with Crippen molar-refractivity contribution in [3.8, 4) is 0 Å². The lowest BCUT2D eigenvalue weighted by Crippen LogP contribution is -2.71. The van der Waals surface area contributed by atoms with Gasteiger partial charge in [0, 0.05) is 9.84 Å². The van der Waals surface area contributed by atoms with Crippen LogP contribution in [0.15, 0.2) is 0 Å². The third kappa shape index (κ3) is 3.59. The lowest BCUT2D eigenvalue weighted by molar-refractivity contribution is -0.443. The van der Waals surface area contributed by atoms with E-state index in [2.05, 4.69) is 0 Å². The molecular weight excluding hydrogens is 518 g/mol. The van der Waals surface area contributed by atoms with Crippen molar-refractivity contribution in [2.75, 3.05) is 0 Å². The second-order valence-electron chi connectivity index (χ2n) is 5.36. The Bertz CT molecular complexity index is 482. The fourth-order valence-electron chi connectivity index (χ4n) is 2.04. The van der Waals surface area contributed by atoms with Gasteiger partial charge in [-0.05, 0) is 12.8 Å². The van der Waals surface area contributed by atoms with E-state index in [1.54, 1.807) is 0 Å². The van der Waals surface area contributed by atoms with Crippen LogP contribution in [0.25, 0.3) is 0 Å². The Morgan fingerprint density at radius 1 is 0.577 bits per heavy atom. The maximum atomic E-state index is 13.9. The first-order valence-electron chi connectivity index (χ1n) is 6.78. The van der Waals surface area contributed by atoms with Gasteiger partial charge in [0.25, 0.3) is 0 Å². The number of hydrogen-bond donors (Lipinski definition) is 0. The van der Waals surface area contributed by atoms with Crippen molar-refractivity contribution in [3.63, 3.8) is 0 Å². The molecule has 0 nitrogen and oxygen atoms in total. The van der Waals surface area contributed by atoms with Crippen LogP contribution >= 0.6 is 22.6 Å². The Kier molecular flexibility index (Phi) is 7.28. The summed E-state index contributed by atoms with van der Waals surface area (Å²) in [5.74, 6) is -39.1. The summed E-state index contributed by atoms with van der Waals surface area (Å²) in [6.45, 7) is 1.98. The fourth-order valence-corrected chi connectivity index (χ4v) is 3.00. The van der Waals surface area contributed by atoms with Crippen LogP contribution in [0, 0.1) is 5.92 Å². The van der Waals surface area contributed by atoms with E-state index in [9.17, 15) is 57.1 Å². The Balaban J connectivity index is 6.40. The predicted molar refractivity (Wildman–Crippen MR) is 72.7 cm³/mol. The highest BCUT2D eigenvalue weighted by atomic mass is 127. The summed E-state index contributed by atoms with van der Waals surface area (Å²) in [6, 6.07) is 0. The van der Waals surface area contributed by atoms with Crippen LogP contribution in [0.3, 0.4) is 0 Å². The minimum absolute atomic E-state index is 0.314. The molecule has 0 aliphatic heterocycles. The normalized spacial score (nSPS) is 18.0. The second kappa shape index (κ2) is 7.33. The molecule has 0 N–H and O–H groups in total. The highest BCUT2D eigenvalue weighted by Gasteiger charge is 2.91. The predicted octanol–water partition coefficient (Wildman–Crippen LogP) is 6.97. The molecule has 0 aliphatic carbocycles. The average molecular weight is 530 g/mol.